The van der Waals surface area contributed by atoms with Crippen molar-refractivity contribution in [3.8, 4) is 0 Å². The lowest BCUT2D eigenvalue weighted by molar-refractivity contribution is -0.135. The van der Waals surface area contributed by atoms with Crippen LogP contribution in [0.3, 0.4) is 0 Å². The Hall–Kier alpha value is -4.98. The van der Waals surface area contributed by atoms with Crippen molar-refractivity contribution < 1.29 is 24.0 Å². The molecule has 5 unspecified atom stereocenters. The Balaban J connectivity index is 2.30. The normalized spacial score (nSPS) is 14.1. The Morgan fingerprint density at radius 2 is 1.08 bits per heavy atom. The molecule has 0 aliphatic rings. The minimum atomic E-state index is -1.12. The van der Waals surface area contributed by atoms with Gasteiger partial charge in [0.2, 0.25) is 29.5 Å². The third-order valence-electron chi connectivity index (χ3n) is 7.80. The van der Waals surface area contributed by atoms with Crippen molar-refractivity contribution in [1.82, 2.24) is 21.3 Å². The van der Waals surface area contributed by atoms with E-state index in [1.807, 2.05) is 50.2 Å². The largest absolute Gasteiger partial charge is 0.370 e. The standard InChI is InChI=1S/C35H53N9O5/c1-21(2)18-27(43-33(48)28(20-24-14-9-6-10-15-24)44-34(49)29(36)22(3)4)32(47)41-25(16-11-17-40-35(38)39)31(46)42-26(30(37)45)19-23-12-7-5-8-13-23/h5-10,12-15,21-22,25-29H,11,16-20,36H2,1-4H3,(H2,37,45)(H,41,47)(H,42,46)(H,43,48)(H,44,49)(H4,38,39,40). The highest BCUT2D eigenvalue weighted by Gasteiger charge is 2.32. The summed E-state index contributed by atoms with van der Waals surface area (Å²) in [6.07, 6.45) is 0.976. The molecule has 0 saturated heterocycles. The molecule has 14 heteroatoms. The summed E-state index contributed by atoms with van der Waals surface area (Å²) in [7, 11) is 0. The van der Waals surface area contributed by atoms with Crippen LogP contribution in [-0.4, -0.2) is 72.2 Å². The molecular formula is C35H53N9O5. The molecule has 14 nitrogen and oxygen atoms in total. The molecule has 12 N–H and O–H groups in total. The molecule has 0 spiro atoms. The summed E-state index contributed by atoms with van der Waals surface area (Å²) in [4.78, 5) is 70.3. The average Bonchev–Trinajstić information content (AvgIpc) is 3.05. The van der Waals surface area contributed by atoms with Crippen LogP contribution in [-0.2, 0) is 36.8 Å². The Kier molecular flexibility index (Phi) is 16.7. The molecule has 0 aliphatic heterocycles. The molecule has 0 saturated carbocycles. The van der Waals surface area contributed by atoms with E-state index in [-0.39, 0.29) is 50.0 Å². The first kappa shape index (κ1) is 40.2. The number of benzene rings is 2. The van der Waals surface area contributed by atoms with Crippen LogP contribution in [0.5, 0.6) is 0 Å². The summed E-state index contributed by atoms with van der Waals surface area (Å²) >= 11 is 0. The first-order valence-electron chi connectivity index (χ1n) is 16.6. The second-order valence-electron chi connectivity index (χ2n) is 12.9. The van der Waals surface area contributed by atoms with Crippen molar-refractivity contribution in [1.29, 1.82) is 0 Å². The van der Waals surface area contributed by atoms with Crippen LogP contribution in [0.25, 0.3) is 0 Å². The summed E-state index contributed by atoms with van der Waals surface area (Å²) in [5.74, 6) is -3.39. The van der Waals surface area contributed by atoms with E-state index in [1.165, 1.54) is 0 Å². The monoisotopic (exact) mass is 679 g/mol. The molecule has 5 amide bonds. The molecule has 0 aromatic heterocycles. The lowest BCUT2D eigenvalue weighted by Gasteiger charge is -2.27. The fraction of sp³-hybridized carbons (Fsp3) is 0.486. The van der Waals surface area contributed by atoms with E-state index in [4.69, 9.17) is 22.9 Å². The molecule has 0 bridgehead atoms. The van der Waals surface area contributed by atoms with Gasteiger partial charge in [0.15, 0.2) is 5.96 Å². The number of nitrogens with one attached hydrogen (secondary N) is 4. The van der Waals surface area contributed by atoms with Crippen LogP contribution in [0, 0.1) is 11.8 Å². The molecule has 0 heterocycles. The van der Waals surface area contributed by atoms with Crippen molar-refractivity contribution in [3.05, 3.63) is 71.8 Å². The number of primary amides is 1. The van der Waals surface area contributed by atoms with Crippen LogP contribution in [0.15, 0.2) is 65.7 Å². The van der Waals surface area contributed by atoms with Crippen LogP contribution in [0.1, 0.15) is 58.1 Å². The van der Waals surface area contributed by atoms with Gasteiger partial charge in [-0.1, -0.05) is 88.4 Å². The topological polar surface area (TPSA) is 250 Å². The summed E-state index contributed by atoms with van der Waals surface area (Å²) in [6.45, 7) is 7.57. The van der Waals surface area contributed by atoms with E-state index < -0.39 is 59.7 Å². The van der Waals surface area contributed by atoms with E-state index in [1.54, 1.807) is 38.1 Å². The smallest absolute Gasteiger partial charge is 0.243 e. The van der Waals surface area contributed by atoms with E-state index in [9.17, 15) is 24.0 Å². The SMILES string of the molecule is CC(C)CC(NC(=O)C(Cc1ccccc1)NC(=O)C(N)C(C)C)C(=O)NC(CCCN=C(N)N)C(=O)NC(Cc1ccccc1)C(N)=O. The molecule has 49 heavy (non-hydrogen) atoms. The van der Waals surface area contributed by atoms with Gasteiger partial charge in [-0.25, -0.2) is 0 Å². The highest BCUT2D eigenvalue weighted by molar-refractivity contribution is 5.96. The second-order valence-corrected chi connectivity index (χ2v) is 12.9. The fourth-order valence-corrected chi connectivity index (χ4v) is 4.99. The number of guanidine groups is 1. The number of hydrogen-bond acceptors (Lipinski definition) is 7. The van der Waals surface area contributed by atoms with Gasteiger partial charge in [-0.15, -0.1) is 0 Å². The molecule has 268 valence electrons. The minimum absolute atomic E-state index is 0.0353. The molecule has 0 radical (unpaired) electrons. The average molecular weight is 680 g/mol. The van der Waals surface area contributed by atoms with Gasteiger partial charge in [0.05, 0.1) is 6.04 Å². The summed E-state index contributed by atoms with van der Waals surface area (Å²) in [5, 5.41) is 11.0. The lowest BCUT2D eigenvalue weighted by atomic mass is 9.99. The van der Waals surface area contributed by atoms with Crippen LogP contribution < -0.4 is 44.2 Å². The Labute approximate surface area is 288 Å². The second kappa shape index (κ2) is 20.4. The van der Waals surface area contributed by atoms with Crippen molar-refractivity contribution in [2.45, 2.75) is 90.0 Å². The first-order chi connectivity index (χ1) is 23.2. The number of rotatable bonds is 20. The number of nitrogens with two attached hydrogens (primary N) is 4. The number of carbonyl (C=O) groups is 5. The Morgan fingerprint density at radius 1 is 0.633 bits per heavy atom. The third-order valence-corrected chi connectivity index (χ3v) is 7.80. The third kappa shape index (κ3) is 14.8. The molecule has 2 aromatic rings. The predicted molar refractivity (Wildman–Crippen MR) is 189 cm³/mol. The minimum Gasteiger partial charge on any atom is -0.370 e. The maximum absolute atomic E-state index is 13.8. The van der Waals surface area contributed by atoms with Crippen molar-refractivity contribution >= 4 is 35.5 Å². The zero-order valence-electron chi connectivity index (χ0n) is 28.9. The van der Waals surface area contributed by atoms with Gasteiger partial charge in [0, 0.05) is 19.4 Å². The number of amides is 5. The van der Waals surface area contributed by atoms with Crippen molar-refractivity contribution in [2.75, 3.05) is 6.54 Å². The van der Waals surface area contributed by atoms with Crippen LogP contribution >= 0.6 is 0 Å². The summed E-state index contributed by atoms with van der Waals surface area (Å²) < 4.78 is 0. The maximum atomic E-state index is 13.8. The zero-order valence-corrected chi connectivity index (χ0v) is 28.9. The molecule has 5 atom stereocenters. The number of carbonyl (C=O) groups excluding carboxylic acids is 5. The molecule has 2 aromatic carbocycles. The van der Waals surface area contributed by atoms with Gasteiger partial charge in [-0.3, -0.25) is 29.0 Å². The van der Waals surface area contributed by atoms with Gasteiger partial charge in [-0.05, 0) is 42.2 Å². The van der Waals surface area contributed by atoms with E-state index >= 15 is 0 Å². The lowest BCUT2D eigenvalue weighted by Crippen LogP contribution is -2.59. The van der Waals surface area contributed by atoms with E-state index in [0.717, 1.165) is 11.1 Å². The Bertz CT molecular complexity index is 1400. The number of aliphatic imine (C=N–C) groups is 1. The van der Waals surface area contributed by atoms with E-state index in [0.29, 0.717) is 6.42 Å². The Morgan fingerprint density at radius 3 is 1.57 bits per heavy atom. The molecular weight excluding hydrogens is 626 g/mol. The zero-order chi connectivity index (χ0) is 36.5. The van der Waals surface area contributed by atoms with E-state index in [2.05, 4.69) is 26.3 Å². The maximum Gasteiger partial charge on any atom is 0.243 e. The number of nitrogens with zero attached hydrogens (tertiary/aromatic N) is 1. The van der Waals surface area contributed by atoms with Gasteiger partial charge in [0.25, 0.3) is 0 Å². The molecule has 2 rings (SSSR count). The molecule has 0 fully saturated rings. The van der Waals surface area contributed by atoms with Crippen LogP contribution in [0.4, 0.5) is 0 Å². The summed E-state index contributed by atoms with van der Waals surface area (Å²) in [5.41, 5.74) is 24.2. The van der Waals surface area contributed by atoms with Gasteiger partial charge in [-0.2, -0.15) is 0 Å². The molecule has 0 aliphatic carbocycles. The van der Waals surface area contributed by atoms with Crippen molar-refractivity contribution in [2.24, 2.45) is 39.8 Å². The quantitative estimate of drug-likeness (QED) is 0.0535. The van der Waals surface area contributed by atoms with Gasteiger partial charge >= 0.3 is 0 Å². The first-order valence-corrected chi connectivity index (χ1v) is 16.6. The highest BCUT2D eigenvalue weighted by atomic mass is 16.2. The van der Waals surface area contributed by atoms with Gasteiger partial charge in [0.1, 0.15) is 24.2 Å². The predicted octanol–water partition coefficient (Wildman–Crippen LogP) is -0.0207. The van der Waals surface area contributed by atoms with Gasteiger partial charge < -0.3 is 44.2 Å². The highest BCUT2D eigenvalue weighted by Crippen LogP contribution is 2.11. The van der Waals surface area contributed by atoms with Crippen LogP contribution in [0.2, 0.25) is 0 Å². The summed E-state index contributed by atoms with van der Waals surface area (Å²) in [6, 6.07) is 13.1. The van der Waals surface area contributed by atoms with Crippen molar-refractivity contribution in [3.63, 3.8) is 0 Å². The number of hydrogen-bond donors (Lipinski definition) is 8. The fourth-order valence-electron chi connectivity index (χ4n) is 4.99.